The number of nitrogens with zero attached hydrogens (tertiary/aromatic N) is 1. The Hall–Kier alpha value is -1.63. The first-order valence-corrected chi connectivity index (χ1v) is 8.49. The van der Waals surface area contributed by atoms with Gasteiger partial charge in [-0.05, 0) is 31.0 Å². The number of carbonyl (C=O) groups excluding carboxylic acids is 2. The average molecular weight is 354 g/mol. The Bertz CT molecular complexity index is 596. The van der Waals surface area contributed by atoms with Crippen LogP contribution < -0.4 is 11.1 Å². The maximum absolute atomic E-state index is 12.0. The highest BCUT2D eigenvalue weighted by atomic mass is 35.5. The van der Waals surface area contributed by atoms with E-state index in [1.54, 1.807) is 6.07 Å². The van der Waals surface area contributed by atoms with Gasteiger partial charge in [-0.3, -0.25) is 14.5 Å². The largest absolute Gasteiger partial charge is 0.388 e. The molecule has 1 heterocycles. The zero-order valence-electron chi connectivity index (χ0n) is 13.6. The molecule has 1 aromatic carbocycles. The first-order chi connectivity index (χ1) is 11.4. The predicted molar refractivity (Wildman–Crippen MR) is 92.4 cm³/mol. The van der Waals surface area contributed by atoms with Crippen LogP contribution >= 0.6 is 11.6 Å². The first kappa shape index (κ1) is 18.7. The second-order valence-corrected chi connectivity index (χ2v) is 6.77. The van der Waals surface area contributed by atoms with Gasteiger partial charge in [0.1, 0.15) is 0 Å². The Morgan fingerprint density at radius 1 is 1.38 bits per heavy atom. The molecule has 4 N–H and O–H groups in total. The molecule has 1 atom stereocenters. The van der Waals surface area contributed by atoms with Crippen LogP contribution in [0.2, 0.25) is 5.02 Å². The lowest BCUT2D eigenvalue weighted by molar-refractivity contribution is -0.127. The molecule has 2 amide bonds. The van der Waals surface area contributed by atoms with Gasteiger partial charge in [0.2, 0.25) is 11.8 Å². The molecule has 7 heteroatoms. The van der Waals surface area contributed by atoms with E-state index in [4.69, 9.17) is 17.3 Å². The number of carbonyl (C=O) groups is 2. The van der Waals surface area contributed by atoms with Crippen molar-refractivity contribution in [1.82, 2.24) is 10.2 Å². The van der Waals surface area contributed by atoms with Gasteiger partial charge in [0.05, 0.1) is 12.0 Å². The highest BCUT2D eigenvalue weighted by Crippen LogP contribution is 2.24. The number of piperidine rings is 1. The van der Waals surface area contributed by atoms with Crippen molar-refractivity contribution in [2.24, 2.45) is 5.73 Å². The topological polar surface area (TPSA) is 95.7 Å². The summed E-state index contributed by atoms with van der Waals surface area (Å²) in [4.78, 5) is 25.1. The van der Waals surface area contributed by atoms with Gasteiger partial charge >= 0.3 is 0 Å². The number of halogens is 1. The van der Waals surface area contributed by atoms with Gasteiger partial charge in [-0.25, -0.2) is 0 Å². The summed E-state index contributed by atoms with van der Waals surface area (Å²) in [6.07, 6.45) is 1.63. The molecular weight excluding hydrogens is 330 g/mol. The predicted octanol–water partition coefficient (Wildman–Crippen LogP) is 1.05. The zero-order valence-corrected chi connectivity index (χ0v) is 14.4. The third kappa shape index (κ3) is 5.78. The third-order valence-electron chi connectivity index (χ3n) is 4.23. The molecule has 0 saturated carbocycles. The molecular formula is C17H24ClN3O3. The van der Waals surface area contributed by atoms with Crippen molar-refractivity contribution in [1.29, 1.82) is 0 Å². The van der Waals surface area contributed by atoms with Crippen LogP contribution in [0, 0.1) is 0 Å². The fraction of sp³-hybridized carbons (Fsp3) is 0.529. The SMILES string of the molecule is NC(=O)CC1(O)CCCN(CCC(=O)NCc2ccccc2Cl)C1. The van der Waals surface area contributed by atoms with Gasteiger partial charge in [0.15, 0.2) is 0 Å². The molecule has 0 radical (unpaired) electrons. The van der Waals surface area contributed by atoms with E-state index in [-0.39, 0.29) is 12.3 Å². The van der Waals surface area contributed by atoms with Gasteiger partial charge in [0, 0.05) is 31.1 Å². The molecule has 0 aliphatic carbocycles. The highest BCUT2D eigenvalue weighted by Gasteiger charge is 2.34. The van der Waals surface area contributed by atoms with Gasteiger partial charge in [-0.15, -0.1) is 0 Å². The quantitative estimate of drug-likeness (QED) is 0.682. The lowest BCUT2D eigenvalue weighted by atomic mass is 9.89. The Morgan fingerprint density at radius 2 is 2.12 bits per heavy atom. The summed E-state index contributed by atoms with van der Waals surface area (Å²) in [5.41, 5.74) is 5.00. The van der Waals surface area contributed by atoms with Crippen LogP contribution in [0.25, 0.3) is 0 Å². The van der Waals surface area contributed by atoms with Gasteiger partial charge in [0.25, 0.3) is 0 Å². The number of nitrogens with one attached hydrogen (secondary N) is 1. The molecule has 0 aromatic heterocycles. The Morgan fingerprint density at radius 3 is 2.83 bits per heavy atom. The Kier molecular flexibility index (Phi) is 6.60. The van der Waals surface area contributed by atoms with Gasteiger partial charge < -0.3 is 16.2 Å². The summed E-state index contributed by atoms with van der Waals surface area (Å²) < 4.78 is 0. The molecule has 6 nitrogen and oxygen atoms in total. The number of hydrogen-bond donors (Lipinski definition) is 3. The monoisotopic (exact) mass is 353 g/mol. The van der Waals surface area contributed by atoms with Crippen molar-refractivity contribution in [3.63, 3.8) is 0 Å². The number of amides is 2. The van der Waals surface area contributed by atoms with E-state index >= 15 is 0 Å². The van der Waals surface area contributed by atoms with Crippen LogP contribution in [-0.4, -0.2) is 47.1 Å². The summed E-state index contributed by atoms with van der Waals surface area (Å²) in [6, 6.07) is 7.38. The van der Waals surface area contributed by atoms with Crippen molar-refractivity contribution in [2.45, 2.75) is 37.8 Å². The minimum atomic E-state index is -1.07. The smallest absolute Gasteiger partial charge is 0.221 e. The molecule has 1 aliphatic heterocycles. The van der Waals surface area contributed by atoms with Crippen molar-refractivity contribution in [2.75, 3.05) is 19.6 Å². The molecule has 1 aromatic rings. The minimum Gasteiger partial charge on any atom is -0.388 e. The zero-order chi connectivity index (χ0) is 17.6. The number of nitrogens with two attached hydrogens (primary N) is 1. The maximum Gasteiger partial charge on any atom is 0.221 e. The summed E-state index contributed by atoms with van der Waals surface area (Å²) in [6.45, 7) is 2.10. The normalized spacial score (nSPS) is 21.4. The number of likely N-dealkylation sites (tertiary alicyclic amines) is 1. The molecule has 1 saturated heterocycles. The van der Waals surface area contributed by atoms with Crippen molar-refractivity contribution >= 4 is 23.4 Å². The van der Waals surface area contributed by atoms with E-state index in [1.165, 1.54) is 0 Å². The number of aliphatic hydroxyl groups is 1. The van der Waals surface area contributed by atoms with Crippen LogP contribution in [0.4, 0.5) is 0 Å². The van der Waals surface area contributed by atoms with E-state index in [9.17, 15) is 14.7 Å². The Balaban J connectivity index is 1.75. The van der Waals surface area contributed by atoms with Crippen LogP contribution in [0.3, 0.4) is 0 Å². The van der Waals surface area contributed by atoms with Crippen LogP contribution in [-0.2, 0) is 16.1 Å². The number of benzene rings is 1. The fourth-order valence-corrected chi connectivity index (χ4v) is 3.25. The lowest BCUT2D eigenvalue weighted by Gasteiger charge is -2.38. The van der Waals surface area contributed by atoms with Crippen molar-refractivity contribution in [3.05, 3.63) is 34.9 Å². The number of primary amides is 1. The summed E-state index contributed by atoms with van der Waals surface area (Å²) in [7, 11) is 0. The van der Waals surface area contributed by atoms with Crippen molar-refractivity contribution in [3.8, 4) is 0 Å². The van der Waals surface area contributed by atoms with Crippen LogP contribution in [0.5, 0.6) is 0 Å². The molecule has 1 fully saturated rings. The van der Waals surface area contributed by atoms with Crippen molar-refractivity contribution < 1.29 is 14.7 Å². The molecule has 132 valence electrons. The van der Waals surface area contributed by atoms with Crippen LogP contribution in [0.15, 0.2) is 24.3 Å². The lowest BCUT2D eigenvalue weighted by Crippen LogP contribution is -2.50. The van der Waals surface area contributed by atoms with E-state index in [0.29, 0.717) is 37.5 Å². The van der Waals surface area contributed by atoms with Gasteiger partial charge in [-0.1, -0.05) is 29.8 Å². The molecule has 1 aliphatic rings. The standard InChI is InChI=1S/C17H24ClN3O3/c18-14-5-2-1-4-13(14)11-20-16(23)6-9-21-8-3-7-17(24,12-21)10-15(19)22/h1-2,4-5,24H,3,6-12H2,(H2,19,22)(H,20,23). The molecule has 1 unspecified atom stereocenters. The van der Waals surface area contributed by atoms with E-state index < -0.39 is 11.5 Å². The number of hydrogen-bond acceptors (Lipinski definition) is 4. The van der Waals surface area contributed by atoms with E-state index in [2.05, 4.69) is 5.32 Å². The number of β-amino-alcohol motifs (C(OH)–C–C–N with tert-alkyl or cyclic N) is 1. The molecule has 0 spiro atoms. The Labute approximate surface area is 147 Å². The highest BCUT2D eigenvalue weighted by molar-refractivity contribution is 6.31. The maximum atomic E-state index is 12.0. The van der Waals surface area contributed by atoms with Crippen LogP contribution in [0.1, 0.15) is 31.2 Å². The summed E-state index contributed by atoms with van der Waals surface area (Å²) >= 11 is 6.05. The van der Waals surface area contributed by atoms with E-state index in [0.717, 1.165) is 18.5 Å². The third-order valence-corrected chi connectivity index (χ3v) is 4.60. The summed E-state index contributed by atoms with van der Waals surface area (Å²) in [5.74, 6) is -0.573. The molecule has 0 bridgehead atoms. The number of rotatable bonds is 7. The average Bonchev–Trinajstić information content (AvgIpc) is 2.51. The second-order valence-electron chi connectivity index (χ2n) is 6.37. The first-order valence-electron chi connectivity index (χ1n) is 8.11. The fourth-order valence-electron chi connectivity index (χ4n) is 3.05. The molecule has 2 rings (SSSR count). The van der Waals surface area contributed by atoms with E-state index in [1.807, 2.05) is 23.1 Å². The molecule has 24 heavy (non-hydrogen) atoms. The summed E-state index contributed by atoms with van der Waals surface area (Å²) in [5, 5.41) is 13.9. The second kappa shape index (κ2) is 8.46. The van der Waals surface area contributed by atoms with Gasteiger partial charge in [-0.2, -0.15) is 0 Å². The minimum absolute atomic E-state index is 0.0395.